The molecule has 9 heteroatoms. The number of hydrogen-bond acceptors (Lipinski definition) is 7. The van der Waals surface area contributed by atoms with E-state index in [4.69, 9.17) is 9.26 Å². The van der Waals surface area contributed by atoms with Gasteiger partial charge in [0.1, 0.15) is 16.5 Å². The van der Waals surface area contributed by atoms with Crippen LogP contribution in [0.15, 0.2) is 40.9 Å². The Labute approximate surface area is 153 Å². The van der Waals surface area contributed by atoms with Gasteiger partial charge in [-0.05, 0) is 13.8 Å². The Balaban J connectivity index is 1.90. The first-order valence-electron chi connectivity index (χ1n) is 7.81. The fourth-order valence-corrected chi connectivity index (χ4v) is 3.01. The van der Waals surface area contributed by atoms with E-state index in [9.17, 15) is 9.59 Å². The van der Waals surface area contributed by atoms with Crippen molar-refractivity contribution in [3.8, 4) is 11.3 Å². The minimum Gasteiger partial charge on any atom is -0.450 e. The summed E-state index contributed by atoms with van der Waals surface area (Å²) in [5.41, 5.74) is 1.50. The van der Waals surface area contributed by atoms with Crippen molar-refractivity contribution >= 4 is 33.5 Å². The molecule has 2 aromatic heterocycles. The highest BCUT2D eigenvalue weighted by atomic mass is 32.1. The number of carbonyl (C=O) groups is 2. The Hall–Kier alpha value is -3.20. The third-order valence-electron chi connectivity index (χ3n) is 3.25. The van der Waals surface area contributed by atoms with Gasteiger partial charge in [-0.2, -0.15) is 0 Å². The number of nitrogens with zero attached hydrogens (tertiary/aromatic N) is 2. The van der Waals surface area contributed by atoms with Crippen LogP contribution in [-0.4, -0.2) is 28.7 Å². The number of thiazole rings is 1. The van der Waals surface area contributed by atoms with Crippen LogP contribution in [0, 0.1) is 6.92 Å². The van der Waals surface area contributed by atoms with Gasteiger partial charge in [0, 0.05) is 11.6 Å². The van der Waals surface area contributed by atoms with E-state index in [1.165, 1.54) is 6.07 Å². The zero-order chi connectivity index (χ0) is 18.5. The van der Waals surface area contributed by atoms with Crippen molar-refractivity contribution in [3.63, 3.8) is 0 Å². The van der Waals surface area contributed by atoms with Crippen LogP contribution < -0.4 is 10.6 Å². The van der Waals surface area contributed by atoms with E-state index in [2.05, 4.69) is 20.8 Å². The number of rotatable bonds is 5. The minimum absolute atomic E-state index is 0.162. The molecule has 0 aliphatic heterocycles. The second-order valence-electron chi connectivity index (χ2n) is 5.19. The molecule has 0 unspecified atom stereocenters. The van der Waals surface area contributed by atoms with Crippen LogP contribution in [0.4, 0.5) is 14.9 Å². The van der Waals surface area contributed by atoms with Gasteiger partial charge in [0.25, 0.3) is 5.91 Å². The Bertz CT molecular complexity index is 920. The lowest BCUT2D eigenvalue weighted by Crippen LogP contribution is -2.12. The van der Waals surface area contributed by atoms with Gasteiger partial charge < -0.3 is 14.6 Å². The van der Waals surface area contributed by atoms with Gasteiger partial charge in [0.05, 0.1) is 6.61 Å². The maximum atomic E-state index is 12.4. The zero-order valence-corrected chi connectivity index (χ0v) is 14.9. The summed E-state index contributed by atoms with van der Waals surface area (Å²) in [6, 6.07) is 10.9. The first-order valence-corrected chi connectivity index (χ1v) is 8.63. The number of amides is 2. The second-order valence-corrected chi connectivity index (χ2v) is 6.18. The van der Waals surface area contributed by atoms with Crippen molar-refractivity contribution < 1.29 is 18.8 Å². The summed E-state index contributed by atoms with van der Waals surface area (Å²) in [4.78, 5) is 28.4. The molecule has 8 nitrogen and oxygen atoms in total. The molecular formula is C17H16N4O4S. The van der Waals surface area contributed by atoms with Gasteiger partial charge in [-0.1, -0.05) is 46.8 Å². The van der Waals surface area contributed by atoms with Gasteiger partial charge in [-0.3, -0.25) is 10.1 Å². The number of benzene rings is 1. The molecule has 2 N–H and O–H groups in total. The Morgan fingerprint density at radius 2 is 2.00 bits per heavy atom. The molecule has 0 spiro atoms. The van der Waals surface area contributed by atoms with Crippen molar-refractivity contribution in [3.05, 3.63) is 47.9 Å². The van der Waals surface area contributed by atoms with E-state index >= 15 is 0 Å². The van der Waals surface area contributed by atoms with E-state index in [0.717, 1.165) is 16.9 Å². The highest BCUT2D eigenvalue weighted by molar-refractivity contribution is 7.20. The SMILES string of the molecule is CCOC(=O)Nc1nc(-c2ccccc2)c(NC(=O)c2cc(C)on2)s1. The Morgan fingerprint density at radius 1 is 1.23 bits per heavy atom. The van der Waals surface area contributed by atoms with Crippen LogP contribution in [0.2, 0.25) is 0 Å². The molecule has 0 aliphatic carbocycles. The maximum Gasteiger partial charge on any atom is 0.413 e. The average Bonchev–Trinajstić information content (AvgIpc) is 3.22. The van der Waals surface area contributed by atoms with E-state index in [1.54, 1.807) is 13.8 Å². The summed E-state index contributed by atoms with van der Waals surface area (Å²) >= 11 is 1.12. The second kappa shape index (κ2) is 7.79. The number of nitrogens with one attached hydrogen (secondary N) is 2. The molecule has 2 amide bonds. The molecule has 2 heterocycles. The summed E-state index contributed by atoms with van der Waals surface area (Å²) in [6.45, 7) is 3.66. The Morgan fingerprint density at radius 3 is 2.65 bits per heavy atom. The topological polar surface area (TPSA) is 106 Å². The third kappa shape index (κ3) is 4.06. The molecule has 0 saturated heterocycles. The zero-order valence-electron chi connectivity index (χ0n) is 14.1. The standard InChI is InChI=1S/C17H16N4O4S/c1-3-24-17(23)20-16-18-13(11-7-5-4-6-8-11)15(26-16)19-14(22)12-9-10(2)25-21-12/h4-9H,3H2,1-2H3,(H,19,22)(H,18,20,23). The number of aryl methyl sites for hydroxylation is 1. The van der Waals surface area contributed by atoms with Crippen LogP contribution in [-0.2, 0) is 4.74 Å². The van der Waals surface area contributed by atoms with E-state index in [-0.39, 0.29) is 12.3 Å². The lowest BCUT2D eigenvalue weighted by molar-refractivity contribution is 0.101. The smallest absolute Gasteiger partial charge is 0.413 e. The van der Waals surface area contributed by atoms with Crippen molar-refractivity contribution in [2.45, 2.75) is 13.8 Å². The molecule has 3 aromatic rings. The number of ether oxygens (including phenoxy) is 1. The summed E-state index contributed by atoms with van der Waals surface area (Å²) in [5.74, 6) is 0.109. The molecule has 0 bridgehead atoms. The highest BCUT2D eigenvalue weighted by Crippen LogP contribution is 2.36. The number of aromatic nitrogens is 2. The summed E-state index contributed by atoms with van der Waals surface area (Å²) in [6.07, 6.45) is -0.606. The van der Waals surface area contributed by atoms with Crippen LogP contribution in [0.3, 0.4) is 0 Å². The molecule has 26 heavy (non-hydrogen) atoms. The molecule has 134 valence electrons. The van der Waals surface area contributed by atoms with Gasteiger partial charge in [-0.25, -0.2) is 9.78 Å². The summed E-state index contributed by atoms with van der Waals surface area (Å²) in [5, 5.41) is 9.81. The van der Waals surface area contributed by atoms with E-state index < -0.39 is 12.0 Å². The molecular weight excluding hydrogens is 356 g/mol. The van der Waals surface area contributed by atoms with Crippen LogP contribution >= 0.6 is 11.3 Å². The monoisotopic (exact) mass is 372 g/mol. The minimum atomic E-state index is -0.606. The molecule has 3 rings (SSSR count). The predicted molar refractivity (Wildman–Crippen MR) is 97.4 cm³/mol. The van der Waals surface area contributed by atoms with Crippen LogP contribution in [0.25, 0.3) is 11.3 Å². The third-order valence-corrected chi connectivity index (χ3v) is 4.13. The molecule has 0 atom stereocenters. The van der Waals surface area contributed by atoms with Gasteiger partial charge >= 0.3 is 6.09 Å². The molecule has 0 radical (unpaired) electrons. The maximum absolute atomic E-state index is 12.4. The summed E-state index contributed by atoms with van der Waals surface area (Å²) < 4.78 is 9.79. The molecule has 0 fully saturated rings. The number of anilines is 2. The lowest BCUT2D eigenvalue weighted by atomic mass is 10.2. The van der Waals surface area contributed by atoms with Gasteiger partial charge in [0.2, 0.25) is 0 Å². The first kappa shape index (κ1) is 17.6. The number of hydrogen-bond donors (Lipinski definition) is 2. The average molecular weight is 372 g/mol. The molecule has 0 saturated carbocycles. The van der Waals surface area contributed by atoms with Gasteiger partial charge in [-0.15, -0.1) is 0 Å². The largest absolute Gasteiger partial charge is 0.450 e. The van der Waals surface area contributed by atoms with Crippen molar-refractivity contribution in [2.24, 2.45) is 0 Å². The highest BCUT2D eigenvalue weighted by Gasteiger charge is 2.19. The van der Waals surface area contributed by atoms with Crippen LogP contribution in [0.5, 0.6) is 0 Å². The van der Waals surface area contributed by atoms with Gasteiger partial charge in [0.15, 0.2) is 10.8 Å². The normalized spacial score (nSPS) is 10.4. The molecule has 1 aromatic carbocycles. The van der Waals surface area contributed by atoms with Crippen LogP contribution in [0.1, 0.15) is 23.2 Å². The quantitative estimate of drug-likeness (QED) is 0.703. The van der Waals surface area contributed by atoms with E-state index in [1.807, 2.05) is 30.3 Å². The lowest BCUT2D eigenvalue weighted by Gasteiger charge is -2.03. The van der Waals surface area contributed by atoms with Crippen molar-refractivity contribution in [2.75, 3.05) is 17.2 Å². The Kier molecular flexibility index (Phi) is 5.28. The fraction of sp³-hybridized carbons (Fsp3) is 0.176. The van der Waals surface area contributed by atoms with Crippen molar-refractivity contribution in [1.29, 1.82) is 0 Å². The van der Waals surface area contributed by atoms with Crippen molar-refractivity contribution in [1.82, 2.24) is 10.1 Å². The molecule has 0 aliphatic rings. The summed E-state index contributed by atoms with van der Waals surface area (Å²) in [7, 11) is 0. The van der Waals surface area contributed by atoms with E-state index in [0.29, 0.717) is 21.6 Å². The first-order chi connectivity index (χ1) is 12.6. The fourth-order valence-electron chi connectivity index (χ4n) is 2.15. The predicted octanol–water partition coefficient (Wildman–Crippen LogP) is 3.93. The number of carbonyl (C=O) groups excluding carboxylic acids is 2.